The molecule has 148 valence electrons. The first kappa shape index (κ1) is 19.7. The normalized spacial score (nSPS) is 16.3. The highest BCUT2D eigenvalue weighted by Crippen LogP contribution is 2.27. The van der Waals surface area contributed by atoms with Gasteiger partial charge in [-0.25, -0.2) is 4.98 Å². The van der Waals surface area contributed by atoms with Crippen molar-refractivity contribution >= 4 is 17.7 Å². The number of carboxylic acid groups (broad SMARTS) is 1. The molecule has 0 saturated heterocycles. The summed E-state index contributed by atoms with van der Waals surface area (Å²) in [5, 5.41) is 12.1. The van der Waals surface area contributed by atoms with Gasteiger partial charge in [0.15, 0.2) is 0 Å². The van der Waals surface area contributed by atoms with Crippen molar-refractivity contribution in [2.24, 2.45) is 5.92 Å². The van der Waals surface area contributed by atoms with Gasteiger partial charge in [-0.15, -0.1) is 0 Å². The van der Waals surface area contributed by atoms with Gasteiger partial charge in [0.05, 0.1) is 18.9 Å². The number of aliphatic carboxylic acids is 1. The lowest BCUT2D eigenvalue weighted by atomic mass is 9.94. The molecule has 0 radical (unpaired) electrons. The summed E-state index contributed by atoms with van der Waals surface area (Å²) in [5.41, 5.74) is 2.94. The molecule has 1 aromatic carbocycles. The Balaban J connectivity index is 1.66. The molecule has 28 heavy (non-hydrogen) atoms. The number of nitrogens with zero attached hydrogens (tertiary/aromatic N) is 2. The second kappa shape index (κ2) is 8.73. The average molecular weight is 383 g/mol. The summed E-state index contributed by atoms with van der Waals surface area (Å²) in [7, 11) is 3.54. The number of fused-ring (bicyclic) bond motifs is 1. The Hall–Kier alpha value is -3.09. The summed E-state index contributed by atoms with van der Waals surface area (Å²) in [5.74, 6) is -0.0455. The van der Waals surface area contributed by atoms with Gasteiger partial charge < -0.3 is 20.1 Å². The van der Waals surface area contributed by atoms with Crippen molar-refractivity contribution in [2.75, 3.05) is 26.0 Å². The van der Waals surface area contributed by atoms with Crippen molar-refractivity contribution in [3.63, 3.8) is 0 Å². The summed E-state index contributed by atoms with van der Waals surface area (Å²) in [6.07, 6.45) is 0.969. The van der Waals surface area contributed by atoms with Gasteiger partial charge in [0.2, 0.25) is 5.91 Å². The number of carboxylic acids is 1. The fourth-order valence-corrected chi connectivity index (χ4v) is 3.44. The van der Waals surface area contributed by atoms with Gasteiger partial charge in [0.25, 0.3) is 0 Å². The van der Waals surface area contributed by atoms with Crippen molar-refractivity contribution in [1.82, 2.24) is 9.88 Å². The minimum absolute atomic E-state index is 0.128. The highest BCUT2D eigenvalue weighted by Gasteiger charge is 2.29. The zero-order chi connectivity index (χ0) is 20.1. The van der Waals surface area contributed by atoms with Crippen LogP contribution in [0, 0.1) is 5.92 Å². The van der Waals surface area contributed by atoms with Gasteiger partial charge in [-0.3, -0.25) is 9.59 Å². The van der Waals surface area contributed by atoms with Crippen molar-refractivity contribution in [1.29, 1.82) is 0 Å². The molecular formula is C21H25N3O4. The summed E-state index contributed by atoms with van der Waals surface area (Å²) in [6.45, 7) is 0.947. The van der Waals surface area contributed by atoms with Crippen LogP contribution in [-0.4, -0.2) is 47.6 Å². The number of pyridine rings is 1. The zero-order valence-corrected chi connectivity index (χ0v) is 16.1. The fourth-order valence-electron chi connectivity index (χ4n) is 3.44. The predicted octanol–water partition coefficient (Wildman–Crippen LogP) is 2.35. The average Bonchev–Trinajstić information content (AvgIpc) is 2.78. The van der Waals surface area contributed by atoms with E-state index in [9.17, 15) is 9.59 Å². The van der Waals surface area contributed by atoms with Gasteiger partial charge in [0.1, 0.15) is 11.6 Å². The Morgan fingerprint density at radius 2 is 2.14 bits per heavy atom. The maximum atomic E-state index is 12.4. The number of hydrogen-bond donors (Lipinski definition) is 2. The summed E-state index contributed by atoms with van der Waals surface area (Å²) >= 11 is 0. The molecule has 2 heterocycles. The summed E-state index contributed by atoms with van der Waals surface area (Å²) in [4.78, 5) is 29.6. The quantitative estimate of drug-likeness (QED) is 0.763. The van der Waals surface area contributed by atoms with E-state index in [1.165, 1.54) is 0 Å². The van der Waals surface area contributed by atoms with Crippen LogP contribution in [0.1, 0.15) is 23.2 Å². The number of carbonyl (C=O) groups is 2. The van der Waals surface area contributed by atoms with Gasteiger partial charge in [-0.1, -0.05) is 12.1 Å². The van der Waals surface area contributed by atoms with Crippen LogP contribution in [-0.2, 0) is 29.0 Å². The third-order valence-corrected chi connectivity index (χ3v) is 4.89. The second-order valence-corrected chi connectivity index (χ2v) is 6.99. The molecule has 1 amide bonds. The lowest BCUT2D eigenvalue weighted by Gasteiger charge is -2.18. The van der Waals surface area contributed by atoms with Crippen LogP contribution in [0.3, 0.4) is 0 Å². The molecule has 0 aliphatic carbocycles. The van der Waals surface area contributed by atoms with E-state index in [4.69, 9.17) is 9.84 Å². The van der Waals surface area contributed by atoms with E-state index >= 15 is 0 Å². The maximum absolute atomic E-state index is 12.4. The van der Waals surface area contributed by atoms with Crippen LogP contribution < -0.4 is 10.1 Å². The highest BCUT2D eigenvalue weighted by molar-refractivity contribution is 5.84. The highest BCUT2D eigenvalue weighted by atomic mass is 16.5. The van der Waals surface area contributed by atoms with E-state index in [-0.39, 0.29) is 12.3 Å². The third kappa shape index (κ3) is 4.79. The first-order valence-electron chi connectivity index (χ1n) is 9.31. The molecule has 2 N–H and O–H groups in total. The largest absolute Gasteiger partial charge is 0.493 e. The molecule has 7 nitrogen and oxygen atoms in total. The van der Waals surface area contributed by atoms with E-state index in [1.54, 1.807) is 11.9 Å². The predicted molar refractivity (Wildman–Crippen MR) is 105 cm³/mol. The maximum Gasteiger partial charge on any atom is 0.304 e. The summed E-state index contributed by atoms with van der Waals surface area (Å²) < 4.78 is 5.89. The Labute approximate surface area is 164 Å². The number of hydrogen-bond acceptors (Lipinski definition) is 5. The van der Waals surface area contributed by atoms with Crippen LogP contribution in [0.15, 0.2) is 36.4 Å². The standard InChI is InChI=1S/C21H25N3O4/c1-22-19-5-3-4-17(23-19)8-9-28-18-7-6-14-10-15(12-20(25)26)21(27)24(2)13-16(14)11-18/h3-7,11,15H,8-10,12-13H2,1-2H3,(H,22,23)(H,25,26). The van der Waals surface area contributed by atoms with Crippen molar-refractivity contribution in [2.45, 2.75) is 25.8 Å². The van der Waals surface area contributed by atoms with Crippen molar-refractivity contribution < 1.29 is 19.4 Å². The zero-order valence-electron chi connectivity index (χ0n) is 16.1. The van der Waals surface area contributed by atoms with Crippen LogP contribution in [0.4, 0.5) is 5.82 Å². The van der Waals surface area contributed by atoms with E-state index < -0.39 is 11.9 Å². The minimum Gasteiger partial charge on any atom is -0.493 e. The van der Waals surface area contributed by atoms with Crippen LogP contribution in [0.25, 0.3) is 0 Å². The SMILES string of the molecule is CNc1cccc(CCOc2ccc3c(c2)CN(C)C(=O)C(CC(=O)O)C3)n1. The molecule has 3 rings (SSSR count). The molecule has 0 spiro atoms. The summed E-state index contributed by atoms with van der Waals surface area (Å²) in [6, 6.07) is 11.6. The minimum atomic E-state index is -0.953. The molecule has 2 aromatic rings. The number of benzene rings is 1. The molecule has 1 aliphatic heterocycles. The lowest BCUT2D eigenvalue weighted by molar-refractivity contribution is -0.143. The van der Waals surface area contributed by atoms with Gasteiger partial charge in [-0.2, -0.15) is 0 Å². The number of rotatable bonds is 7. The Kier molecular flexibility index (Phi) is 6.13. The Morgan fingerprint density at radius 3 is 2.89 bits per heavy atom. The van der Waals surface area contributed by atoms with Crippen LogP contribution in [0.5, 0.6) is 5.75 Å². The van der Waals surface area contributed by atoms with Crippen LogP contribution >= 0.6 is 0 Å². The van der Waals surface area contributed by atoms with Gasteiger partial charge in [0, 0.05) is 32.8 Å². The monoisotopic (exact) mass is 383 g/mol. The molecular weight excluding hydrogens is 358 g/mol. The van der Waals surface area contributed by atoms with Crippen molar-refractivity contribution in [3.05, 3.63) is 53.2 Å². The molecule has 0 fully saturated rings. The first-order chi connectivity index (χ1) is 13.5. The Morgan fingerprint density at radius 1 is 1.32 bits per heavy atom. The first-order valence-corrected chi connectivity index (χ1v) is 9.31. The molecule has 1 atom stereocenters. The lowest BCUT2D eigenvalue weighted by Crippen LogP contribution is -2.32. The molecule has 0 bridgehead atoms. The topological polar surface area (TPSA) is 91.8 Å². The number of aromatic nitrogens is 1. The van der Waals surface area contributed by atoms with E-state index in [0.717, 1.165) is 28.4 Å². The number of carbonyl (C=O) groups excluding carboxylic acids is 1. The molecule has 0 saturated carbocycles. The molecule has 7 heteroatoms. The number of ether oxygens (including phenoxy) is 1. The van der Waals surface area contributed by atoms with E-state index in [1.807, 2.05) is 43.4 Å². The van der Waals surface area contributed by atoms with Gasteiger partial charge >= 0.3 is 5.97 Å². The molecule has 1 unspecified atom stereocenters. The fraction of sp³-hybridized carbons (Fsp3) is 0.381. The molecule has 1 aromatic heterocycles. The number of nitrogens with one attached hydrogen (secondary N) is 1. The van der Waals surface area contributed by atoms with E-state index in [2.05, 4.69) is 10.3 Å². The number of amides is 1. The second-order valence-electron chi connectivity index (χ2n) is 6.99. The smallest absolute Gasteiger partial charge is 0.304 e. The Bertz CT molecular complexity index is 868. The van der Waals surface area contributed by atoms with Crippen molar-refractivity contribution in [3.8, 4) is 5.75 Å². The third-order valence-electron chi connectivity index (χ3n) is 4.89. The van der Waals surface area contributed by atoms with Gasteiger partial charge in [-0.05, 0) is 41.8 Å². The number of anilines is 1. The van der Waals surface area contributed by atoms with Crippen LogP contribution in [0.2, 0.25) is 0 Å². The molecule has 1 aliphatic rings. The van der Waals surface area contributed by atoms with E-state index in [0.29, 0.717) is 26.0 Å².